The van der Waals surface area contributed by atoms with Gasteiger partial charge in [-0.3, -0.25) is 14.7 Å². The van der Waals surface area contributed by atoms with Gasteiger partial charge in [-0.25, -0.2) is 4.98 Å². The summed E-state index contributed by atoms with van der Waals surface area (Å²) in [6, 6.07) is 2.02. The van der Waals surface area contributed by atoms with Gasteiger partial charge in [0.15, 0.2) is 0 Å². The number of fused-ring (bicyclic) bond motifs is 5. The summed E-state index contributed by atoms with van der Waals surface area (Å²) >= 11 is 3.40. The van der Waals surface area contributed by atoms with Gasteiger partial charge in [0.1, 0.15) is 15.5 Å². The Labute approximate surface area is 189 Å². The van der Waals surface area contributed by atoms with Crippen molar-refractivity contribution in [3.05, 3.63) is 28.9 Å². The zero-order chi connectivity index (χ0) is 20.8. The van der Waals surface area contributed by atoms with Gasteiger partial charge in [0.25, 0.3) is 0 Å². The molecule has 1 amide bonds. The first-order chi connectivity index (χ1) is 15.2. The fourth-order valence-corrected chi connectivity index (χ4v) is 7.44. The van der Waals surface area contributed by atoms with Gasteiger partial charge in [-0.1, -0.05) is 0 Å². The summed E-state index contributed by atoms with van der Waals surface area (Å²) in [7, 11) is 0. The van der Waals surface area contributed by atoms with Crippen LogP contribution in [-0.2, 0) is 17.8 Å². The molecule has 162 valence electrons. The van der Waals surface area contributed by atoms with Crippen molar-refractivity contribution in [1.82, 2.24) is 20.2 Å². The van der Waals surface area contributed by atoms with E-state index < -0.39 is 0 Å². The van der Waals surface area contributed by atoms with Gasteiger partial charge < -0.3 is 15.1 Å². The number of piperazine rings is 3. The maximum absolute atomic E-state index is 13.0. The fourth-order valence-electron chi connectivity index (χ4n) is 5.13. The predicted molar refractivity (Wildman–Crippen MR) is 126 cm³/mol. The minimum atomic E-state index is 0.135. The molecule has 7 nitrogen and oxygen atoms in total. The number of thiophene rings is 1. The normalized spacial score (nSPS) is 25.0. The number of hydrogen-bond acceptors (Lipinski definition) is 7. The van der Waals surface area contributed by atoms with Crippen molar-refractivity contribution in [2.45, 2.75) is 19.4 Å². The SMILES string of the molecule is O=C(CC[N+]12CCN(CC1)CC2)Nc1sc2c(c1-c1nc3cnccc3s1)CCNC2. The number of thiazole rings is 1. The largest absolute Gasteiger partial charge is 0.320 e. The van der Waals surface area contributed by atoms with Crippen LogP contribution >= 0.6 is 22.7 Å². The molecule has 0 aliphatic carbocycles. The van der Waals surface area contributed by atoms with Crippen molar-refractivity contribution in [3.8, 4) is 10.6 Å². The molecule has 0 aromatic carbocycles. The molecule has 3 aromatic rings. The van der Waals surface area contributed by atoms with Gasteiger partial charge >= 0.3 is 0 Å². The van der Waals surface area contributed by atoms with E-state index in [4.69, 9.17) is 4.98 Å². The topological polar surface area (TPSA) is 70.2 Å². The Hall–Kier alpha value is -1.91. The summed E-state index contributed by atoms with van der Waals surface area (Å²) in [4.78, 5) is 26.0. The number of nitrogens with one attached hydrogen (secondary N) is 2. The summed E-state index contributed by atoms with van der Waals surface area (Å²) in [5, 5.41) is 8.71. The van der Waals surface area contributed by atoms with Crippen LogP contribution in [0.5, 0.6) is 0 Å². The molecule has 0 saturated carbocycles. The smallest absolute Gasteiger partial charge is 0.230 e. The molecule has 31 heavy (non-hydrogen) atoms. The van der Waals surface area contributed by atoms with Crippen molar-refractivity contribution in [3.63, 3.8) is 0 Å². The van der Waals surface area contributed by atoms with Crippen LogP contribution in [0.1, 0.15) is 16.9 Å². The number of pyridine rings is 1. The van der Waals surface area contributed by atoms with Crippen molar-refractivity contribution >= 4 is 43.8 Å². The Kier molecular flexibility index (Phi) is 5.03. The van der Waals surface area contributed by atoms with E-state index in [0.717, 1.165) is 56.3 Å². The Morgan fingerprint density at radius 3 is 2.87 bits per heavy atom. The van der Waals surface area contributed by atoms with Gasteiger partial charge in [-0.05, 0) is 24.6 Å². The monoisotopic (exact) mass is 455 g/mol. The van der Waals surface area contributed by atoms with Crippen LogP contribution in [-0.4, -0.2) is 77.6 Å². The molecule has 4 aliphatic rings. The number of aromatic nitrogens is 2. The zero-order valence-corrected chi connectivity index (χ0v) is 19.2. The number of quaternary nitrogens is 1. The number of hydrogen-bond donors (Lipinski definition) is 2. The quantitative estimate of drug-likeness (QED) is 0.579. The lowest BCUT2D eigenvalue weighted by atomic mass is 10.0. The molecule has 2 bridgehead atoms. The molecule has 9 heteroatoms. The Bertz CT molecular complexity index is 1080. The van der Waals surface area contributed by atoms with Crippen molar-refractivity contribution in [2.24, 2.45) is 0 Å². The van der Waals surface area contributed by atoms with Gasteiger partial charge in [0, 0.05) is 42.8 Å². The predicted octanol–water partition coefficient (Wildman–Crippen LogP) is 2.54. The number of amides is 1. The van der Waals surface area contributed by atoms with Crippen LogP contribution in [0.4, 0.5) is 5.00 Å². The van der Waals surface area contributed by atoms with Crippen molar-refractivity contribution in [1.29, 1.82) is 0 Å². The number of nitrogens with zero attached hydrogens (tertiary/aromatic N) is 4. The molecule has 0 atom stereocenters. The molecule has 3 aromatic heterocycles. The summed E-state index contributed by atoms with van der Waals surface area (Å²) in [6.45, 7) is 9.91. The lowest BCUT2D eigenvalue weighted by molar-refractivity contribution is -0.940. The van der Waals surface area contributed by atoms with E-state index in [1.807, 2.05) is 18.5 Å². The lowest BCUT2D eigenvalue weighted by Gasteiger charge is -2.50. The lowest BCUT2D eigenvalue weighted by Crippen LogP contribution is -2.67. The highest BCUT2D eigenvalue weighted by Gasteiger charge is 2.38. The third-order valence-electron chi connectivity index (χ3n) is 7.07. The molecule has 2 N–H and O–H groups in total. The minimum Gasteiger partial charge on any atom is -0.320 e. The minimum absolute atomic E-state index is 0.135. The van der Waals surface area contributed by atoms with E-state index in [0.29, 0.717) is 6.42 Å². The van der Waals surface area contributed by atoms with E-state index in [1.165, 1.54) is 49.7 Å². The van der Waals surface area contributed by atoms with Gasteiger partial charge in [-0.2, -0.15) is 0 Å². The highest BCUT2D eigenvalue weighted by molar-refractivity contribution is 7.22. The average Bonchev–Trinajstić information content (AvgIpc) is 3.39. The van der Waals surface area contributed by atoms with E-state index in [9.17, 15) is 4.79 Å². The van der Waals surface area contributed by atoms with E-state index in [-0.39, 0.29) is 5.91 Å². The number of carbonyl (C=O) groups is 1. The number of rotatable bonds is 5. The fraction of sp³-hybridized carbons (Fsp3) is 0.500. The first kappa shape index (κ1) is 19.8. The van der Waals surface area contributed by atoms with Crippen molar-refractivity contribution in [2.75, 3.05) is 57.7 Å². The molecule has 7 rings (SSSR count). The molecular formula is C22H27N6OS2+. The molecule has 3 fully saturated rings. The maximum atomic E-state index is 13.0. The first-order valence-electron chi connectivity index (χ1n) is 11.1. The highest BCUT2D eigenvalue weighted by atomic mass is 32.1. The van der Waals surface area contributed by atoms with Gasteiger partial charge in [-0.15, -0.1) is 22.7 Å². The van der Waals surface area contributed by atoms with Crippen LogP contribution in [0.2, 0.25) is 0 Å². The molecule has 7 heterocycles. The van der Waals surface area contributed by atoms with Gasteiger partial charge in [0.05, 0.1) is 43.5 Å². The third-order valence-corrected chi connectivity index (χ3v) is 9.27. The average molecular weight is 456 g/mol. The highest BCUT2D eigenvalue weighted by Crippen LogP contribution is 2.44. The second-order valence-corrected chi connectivity index (χ2v) is 11.0. The van der Waals surface area contributed by atoms with Crippen molar-refractivity contribution < 1.29 is 9.28 Å². The maximum Gasteiger partial charge on any atom is 0.230 e. The van der Waals surface area contributed by atoms with Gasteiger partial charge in [0.2, 0.25) is 5.91 Å². The summed E-state index contributed by atoms with van der Waals surface area (Å²) < 4.78 is 2.25. The van der Waals surface area contributed by atoms with Crippen LogP contribution in [0.3, 0.4) is 0 Å². The third kappa shape index (κ3) is 3.68. The second kappa shape index (κ2) is 7.90. The van der Waals surface area contributed by atoms with E-state index >= 15 is 0 Å². The van der Waals surface area contributed by atoms with E-state index in [2.05, 4.69) is 20.5 Å². The Morgan fingerprint density at radius 2 is 2.06 bits per heavy atom. The zero-order valence-electron chi connectivity index (χ0n) is 17.5. The van der Waals surface area contributed by atoms with Crippen LogP contribution in [0.15, 0.2) is 18.5 Å². The molecule has 0 radical (unpaired) electrons. The molecule has 4 aliphatic heterocycles. The first-order valence-corrected chi connectivity index (χ1v) is 12.8. The number of anilines is 1. The molecule has 0 unspecified atom stereocenters. The van der Waals surface area contributed by atoms with Crippen LogP contribution < -0.4 is 10.6 Å². The van der Waals surface area contributed by atoms with E-state index in [1.54, 1.807) is 22.7 Å². The molecule has 0 spiro atoms. The summed E-state index contributed by atoms with van der Waals surface area (Å²) in [5.41, 5.74) is 3.41. The number of carbonyl (C=O) groups excluding carboxylic acids is 1. The van der Waals surface area contributed by atoms with Crippen LogP contribution in [0.25, 0.3) is 20.8 Å². The Balaban J connectivity index is 1.26. The molecule has 3 saturated heterocycles. The standard InChI is InChI=1S/C22H26N6OS2/c29-19(3-9-28-10-6-27(7-11-28)8-12-28)26-22-20(15-1-4-24-14-18(15)31-22)21-25-16-13-23-5-2-17(16)30-21/h2,5,13,24H,1,3-4,6-12,14H2/p+1. The summed E-state index contributed by atoms with van der Waals surface area (Å²) in [6.07, 6.45) is 5.19. The molecular weight excluding hydrogens is 428 g/mol. The second-order valence-electron chi connectivity index (χ2n) is 8.87. The van der Waals surface area contributed by atoms with Crippen LogP contribution in [0, 0.1) is 0 Å². The summed E-state index contributed by atoms with van der Waals surface area (Å²) in [5.74, 6) is 0.135. The Morgan fingerprint density at radius 1 is 1.23 bits per heavy atom.